The molecule has 0 saturated carbocycles. The fourth-order valence-electron chi connectivity index (χ4n) is 3.60. The van der Waals surface area contributed by atoms with Crippen molar-refractivity contribution in [1.29, 1.82) is 0 Å². The van der Waals surface area contributed by atoms with Crippen LogP contribution in [0.2, 0.25) is 0 Å². The summed E-state index contributed by atoms with van der Waals surface area (Å²) in [4.78, 5) is 36.8. The molecular weight excluding hydrogens is 432 g/mol. The minimum Gasteiger partial charge on any atom is -0.456 e. The van der Waals surface area contributed by atoms with E-state index in [1.807, 2.05) is 42.5 Å². The van der Waals surface area contributed by atoms with E-state index in [0.717, 1.165) is 10.8 Å². The molecule has 0 spiro atoms. The van der Waals surface area contributed by atoms with Gasteiger partial charge in [0, 0.05) is 17.5 Å². The lowest BCUT2D eigenvalue weighted by Crippen LogP contribution is -2.48. The molecule has 2 aliphatic heterocycles. The smallest absolute Gasteiger partial charge is 0.359 e. The van der Waals surface area contributed by atoms with Crippen molar-refractivity contribution in [1.82, 2.24) is 4.90 Å². The highest BCUT2D eigenvalue weighted by molar-refractivity contribution is 8.03. The van der Waals surface area contributed by atoms with Crippen LogP contribution < -0.4 is 4.74 Å². The summed E-state index contributed by atoms with van der Waals surface area (Å²) < 4.78 is 11.5. The topological polar surface area (TPSA) is 99.0 Å². The summed E-state index contributed by atoms with van der Waals surface area (Å²) >= 11 is 1.32. The number of amides is 1. The predicted octanol–water partition coefficient (Wildman–Crippen LogP) is 4.34. The van der Waals surface area contributed by atoms with Gasteiger partial charge in [0.15, 0.2) is 10.8 Å². The third-order valence-corrected chi connectivity index (χ3v) is 6.39. The predicted molar refractivity (Wildman–Crippen MR) is 117 cm³/mol. The Labute approximate surface area is 186 Å². The van der Waals surface area contributed by atoms with Gasteiger partial charge >= 0.3 is 5.97 Å². The Bertz CT molecular complexity index is 1280. The first kappa shape index (κ1) is 20.1. The van der Waals surface area contributed by atoms with Gasteiger partial charge in [0.1, 0.15) is 12.4 Å². The first-order chi connectivity index (χ1) is 15.5. The number of carbonyl (C=O) groups is 2. The first-order valence-corrected chi connectivity index (χ1v) is 10.7. The van der Waals surface area contributed by atoms with Crippen LogP contribution in [-0.4, -0.2) is 27.1 Å². The number of hydrogen-bond donors (Lipinski definition) is 0. The fraction of sp³-hybridized carbons (Fsp3) is 0.130. The average Bonchev–Trinajstić information content (AvgIpc) is 3.09. The van der Waals surface area contributed by atoms with Gasteiger partial charge in [-0.05, 0) is 29.1 Å². The molecule has 0 radical (unpaired) electrons. The van der Waals surface area contributed by atoms with E-state index in [-0.39, 0.29) is 29.3 Å². The van der Waals surface area contributed by atoms with Crippen molar-refractivity contribution in [2.24, 2.45) is 0 Å². The number of rotatable bonds is 6. The number of benzene rings is 3. The number of nitro benzene ring substituents is 1. The first-order valence-electron chi connectivity index (χ1n) is 9.80. The normalized spacial score (nSPS) is 17.2. The van der Waals surface area contributed by atoms with Crippen molar-refractivity contribution >= 4 is 40.1 Å². The Balaban J connectivity index is 1.39. The molecule has 5 rings (SSSR count). The Morgan fingerprint density at radius 3 is 2.59 bits per heavy atom. The standard InChI is InChI=1S/C23H16N2O6S/c26-19-12-20-24(19)21(22(27)30-13-14-8-10-16(11-9-14)25(28)29)23(32-20)31-18-7-3-5-15-4-1-2-6-17(15)18/h1-11,20H,12-13H2. The minimum absolute atomic E-state index is 0.0465. The molecule has 2 aliphatic rings. The van der Waals surface area contributed by atoms with Gasteiger partial charge < -0.3 is 9.47 Å². The molecule has 1 atom stereocenters. The summed E-state index contributed by atoms with van der Waals surface area (Å²) in [5, 5.41) is 12.8. The molecule has 160 valence electrons. The quantitative estimate of drug-likeness (QED) is 0.239. The average molecular weight is 448 g/mol. The fourth-order valence-corrected chi connectivity index (χ4v) is 4.83. The molecule has 0 aliphatic carbocycles. The molecule has 1 amide bonds. The number of nitro groups is 1. The van der Waals surface area contributed by atoms with E-state index < -0.39 is 10.9 Å². The third-order valence-electron chi connectivity index (χ3n) is 5.25. The van der Waals surface area contributed by atoms with Crippen LogP contribution >= 0.6 is 11.8 Å². The maximum absolute atomic E-state index is 12.9. The number of fused-ring (bicyclic) bond motifs is 2. The Morgan fingerprint density at radius 1 is 1.09 bits per heavy atom. The molecular formula is C23H16N2O6S. The highest BCUT2D eigenvalue weighted by Crippen LogP contribution is 2.47. The Kier molecular flexibility index (Phi) is 5.02. The number of carbonyl (C=O) groups excluding carboxylic acids is 2. The van der Waals surface area contributed by atoms with Crippen LogP contribution in [0.25, 0.3) is 10.8 Å². The highest BCUT2D eigenvalue weighted by Gasteiger charge is 2.50. The lowest BCUT2D eigenvalue weighted by atomic mass is 10.1. The minimum atomic E-state index is -0.679. The third kappa shape index (κ3) is 3.56. The number of ether oxygens (including phenoxy) is 2. The Morgan fingerprint density at radius 2 is 1.84 bits per heavy atom. The summed E-state index contributed by atoms with van der Waals surface area (Å²) in [7, 11) is 0. The van der Waals surface area contributed by atoms with E-state index in [0.29, 0.717) is 22.8 Å². The monoisotopic (exact) mass is 448 g/mol. The van der Waals surface area contributed by atoms with Crippen LogP contribution in [0.1, 0.15) is 12.0 Å². The summed E-state index contributed by atoms with van der Waals surface area (Å²) in [5.41, 5.74) is 0.638. The zero-order chi connectivity index (χ0) is 22.2. The van der Waals surface area contributed by atoms with Crippen LogP contribution in [0, 0.1) is 10.1 Å². The van der Waals surface area contributed by atoms with E-state index in [1.165, 1.54) is 40.9 Å². The number of hydrogen-bond acceptors (Lipinski definition) is 7. The molecule has 8 nitrogen and oxygen atoms in total. The summed E-state index contributed by atoms with van der Waals surface area (Å²) in [6.07, 6.45) is 0.326. The maximum Gasteiger partial charge on any atom is 0.359 e. The van der Waals surface area contributed by atoms with Gasteiger partial charge in [-0.1, -0.05) is 48.2 Å². The summed E-state index contributed by atoms with van der Waals surface area (Å²) in [6, 6.07) is 19.1. The van der Waals surface area contributed by atoms with Crippen LogP contribution in [0.15, 0.2) is 77.5 Å². The second-order valence-corrected chi connectivity index (χ2v) is 8.41. The van der Waals surface area contributed by atoms with Gasteiger partial charge in [0.2, 0.25) is 5.91 Å². The van der Waals surface area contributed by atoms with Crippen LogP contribution in [0.3, 0.4) is 0 Å². The summed E-state index contributed by atoms with van der Waals surface area (Å²) in [6.45, 7) is -0.0841. The summed E-state index contributed by atoms with van der Waals surface area (Å²) in [5.74, 6) is -0.260. The van der Waals surface area contributed by atoms with Gasteiger partial charge in [0.05, 0.1) is 16.7 Å². The highest BCUT2D eigenvalue weighted by atomic mass is 32.2. The molecule has 9 heteroatoms. The van der Waals surface area contributed by atoms with Gasteiger partial charge in [0.25, 0.3) is 5.69 Å². The van der Waals surface area contributed by atoms with Crippen molar-refractivity contribution < 1.29 is 24.0 Å². The zero-order valence-corrected chi connectivity index (χ0v) is 17.4. The van der Waals surface area contributed by atoms with Crippen molar-refractivity contribution in [2.45, 2.75) is 18.4 Å². The van der Waals surface area contributed by atoms with E-state index in [1.54, 1.807) is 0 Å². The molecule has 2 heterocycles. The number of thioether (sulfide) groups is 1. The number of non-ortho nitro benzene ring substituents is 1. The van der Waals surface area contributed by atoms with E-state index in [9.17, 15) is 19.7 Å². The molecule has 1 fully saturated rings. The van der Waals surface area contributed by atoms with Gasteiger partial charge in [-0.15, -0.1) is 0 Å². The second kappa shape index (κ2) is 8.01. The Hall–Kier alpha value is -3.85. The molecule has 3 aromatic rings. The maximum atomic E-state index is 12.9. The van der Waals surface area contributed by atoms with Crippen molar-refractivity contribution in [3.05, 3.63) is 93.2 Å². The molecule has 1 unspecified atom stereocenters. The van der Waals surface area contributed by atoms with E-state index in [4.69, 9.17) is 9.47 Å². The molecule has 0 aromatic heterocycles. The van der Waals surface area contributed by atoms with Crippen molar-refractivity contribution in [2.75, 3.05) is 0 Å². The van der Waals surface area contributed by atoms with Gasteiger partial charge in [-0.2, -0.15) is 0 Å². The molecule has 0 bridgehead atoms. The van der Waals surface area contributed by atoms with Crippen LogP contribution in [0.4, 0.5) is 5.69 Å². The number of β-lactam (4-membered cyclic amide) rings is 1. The zero-order valence-electron chi connectivity index (χ0n) is 16.6. The molecule has 3 aromatic carbocycles. The van der Waals surface area contributed by atoms with Crippen LogP contribution in [0.5, 0.6) is 5.75 Å². The van der Waals surface area contributed by atoms with Crippen LogP contribution in [-0.2, 0) is 20.9 Å². The van der Waals surface area contributed by atoms with E-state index in [2.05, 4.69) is 0 Å². The van der Waals surface area contributed by atoms with E-state index >= 15 is 0 Å². The van der Waals surface area contributed by atoms with Gasteiger partial charge in [-0.25, -0.2) is 4.79 Å². The number of esters is 1. The second-order valence-electron chi connectivity index (χ2n) is 7.26. The lowest BCUT2D eigenvalue weighted by molar-refractivity contribution is -0.384. The molecule has 32 heavy (non-hydrogen) atoms. The molecule has 1 saturated heterocycles. The van der Waals surface area contributed by atoms with Crippen molar-refractivity contribution in [3.63, 3.8) is 0 Å². The molecule has 0 N–H and O–H groups in total. The van der Waals surface area contributed by atoms with Crippen molar-refractivity contribution in [3.8, 4) is 5.75 Å². The largest absolute Gasteiger partial charge is 0.456 e. The lowest BCUT2D eigenvalue weighted by Gasteiger charge is -2.33. The SMILES string of the molecule is O=C(OCc1ccc([N+](=O)[O-])cc1)C1=C(Oc2cccc3ccccc23)SC2CC(=O)N12. The van der Waals surface area contributed by atoms with Gasteiger partial charge in [-0.3, -0.25) is 19.8 Å². The number of nitrogens with zero attached hydrogens (tertiary/aromatic N) is 2.